The summed E-state index contributed by atoms with van der Waals surface area (Å²) in [4.78, 5) is 23.9. The minimum absolute atomic E-state index is 0.0434. The second-order valence-electron chi connectivity index (χ2n) is 6.21. The average Bonchev–Trinajstić information content (AvgIpc) is 3.52. The maximum absolute atomic E-state index is 12.2. The highest BCUT2D eigenvalue weighted by atomic mass is 16.5. The Morgan fingerprint density at radius 3 is 2.19 bits per heavy atom. The van der Waals surface area contributed by atoms with Crippen molar-refractivity contribution in [1.29, 1.82) is 0 Å². The predicted molar refractivity (Wildman–Crippen MR) is 100 cm³/mol. The van der Waals surface area contributed by atoms with Gasteiger partial charge < -0.3 is 10.1 Å². The molecular weight excluding hydrogens is 330 g/mol. The number of ether oxygens (including phenoxy) is 1. The smallest absolute Gasteiger partial charge is 0.271 e. The molecule has 0 radical (unpaired) electrons. The number of nitrogens with zero attached hydrogens (tertiary/aromatic N) is 1. The fourth-order valence-corrected chi connectivity index (χ4v) is 2.39. The van der Waals surface area contributed by atoms with E-state index in [4.69, 9.17) is 4.74 Å². The molecule has 0 heterocycles. The van der Waals surface area contributed by atoms with Gasteiger partial charge in [-0.1, -0.05) is 0 Å². The maximum atomic E-state index is 12.2. The molecule has 0 saturated heterocycles. The zero-order valence-electron chi connectivity index (χ0n) is 14.8. The van der Waals surface area contributed by atoms with Crippen molar-refractivity contribution in [3.8, 4) is 5.75 Å². The Morgan fingerprint density at radius 2 is 1.62 bits per heavy atom. The highest BCUT2D eigenvalue weighted by Gasteiger charge is 2.29. The lowest BCUT2D eigenvalue weighted by Gasteiger charge is -2.06. The van der Waals surface area contributed by atoms with Gasteiger partial charge in [0.2, 0.25) is 5.91 Å². The highest BCUT2D eigenvalue weighted by molar-refractivity contribution is 6.01. The first-order valence-electron chi connectivity index (χ1n) is 8.47. The molecule has 3 rings (SSSR count). The normalized spacial score (nSPS) is 13.8. The number of hydrogen-bond donors (Lipinski definition) is 2. The Hall–Kier alpha value is -3.15. The van der Waals surface area contributed by atoms with Gasteiger partial charge in [-0.2, -0.15) is 5.10 Å². The number of methoxy groups -OCH3 is 1. The minimum Gasteiger partial charge on any atom is -0.497 e. The molecule has 2 N–H and O–H groups in total. The monoisotopic (exact) mass is 351 g/mol. The Morgan fingerprint density at radius 1 is 1.00 bits per heavy atom. The lowest BCUT2D eigenvalue weighted by atomic mass is 10.1. The summed E-state index contributed by atoms with van der Waals surface area (Å²) in [6.45, 7) is 1.82. The van der Waals surface area contributed by atoms with Crippen LogP contribution in [-0.2, 0) is 4.79 Å². The van der Waals surface area contributed by atoms with Crippen LogP contribution in [0.25, 0.3) is 0 Å². The van der Waals surface area contributed by atoms with Crippen molar-refractivity contribution in [1.82, 2.24) is 5.43 Å². The van der Waals surface area contributed by atoms with E-state index in [1.54, 1.807) is 31.4 Å². The number of hydrogen-bond acceptors (Lipinski definition) is 4. The van der Waals surface area contributed by atoms with Crippen LogP contribution in [0.3, 0.4) is 0 Å². The lowest BCUT2D eigenvalue weighted by molar-refractivity contribution is -0.117. The van der Waals surface area contributed by atoms with Gasteiger partial charge in [0.1, 0.15) is 5.75 Å². The van der Waals surface area contributed by atoms with Crippen molar-refractivity contribution in [3.63, 3.8) is 0 Å². The van der Waals surface area contributed by atoms with Gasteiger partial charge >= 0.3 is 0 Å². The molecular formula is C20H21N3O3. The molecule has 0 aliphatic heterocycles. The van der Waals surface area contributed by atoms with Gasteiger partial charge in [0.25, 0.3) is 5.91 Å². The Kier molecular flexibility index (Phi) is 5.31. The van der Waals surface area contributed by atoms with Crippen LogP contribution < -0.4 is 15.5 Å². The molecule has 1 aliphatic rings. The number of nitrogens with one attached hydrogen (secondary N) is 2. The van der Waals surface area contributed by atoms with E-state index in [2.05, 4.69) is 15.8 Å². The summed E-state index contributed by atoms with van der Waals surface area (Å²) < 4.78 is 5.12. The molecule has 0 bridgehead atoms. The summed E-state index contributed by atoms with van der Waals surface area (Å²) in [6, 6.07) is 14.2. The highest BCUT2D eigenvalue weighted by Crippen LogP contribution is 2.30. The minimum atomic E-state index is -0.307. The summed E-state index contributed by atoms with van der Waals surface area (Å²) in [6.07, 6.45) is 1.91. The largest absolute Gasteiger partial charge is 0.497 e. The number of rotatable bonds is 6. The van der Waals surface area contributed by atoms with E-state index in [9.17, 15) is 9.59 Å². The van der Waals surface area contributed by atoms with Crippen molar-refractivity contribution in [3.05, 3.63) is 59.7 Å². The van der Waals surface area contributed by atoms with Gasteiger partial charge in [-0.15, -0.1) is 0 Å². The number of benzene rings is 2. The van der Waals surface area contributed by atoms with E-state index >= 15 is 0 Å². The summed E-state index contributed by atoms with van der Waals surface area (Å²) in [5.74, 6) is 0.646. The van der Waals surface area contributed by atoms with Gasteiger partial charge in [-0.05, 0) is 73.9 Å². The molecule has 0 aromatic heterocycles. The number of carbonyl (C=O) groups is 2. The molecule has 0 atom stereocenters. The molecule has 2 amide bonds. The van der Waals surface area contributed by atoms with Crippen LogP contribution in [0.5, 0.6) is 5.75 Å². The van der Waals surface area contributed by atoms with Crippen LogP contribution in [0.15, 0.2) is 53.6 Å². The van der Waals surface area contributed by atoms with Crippen molar-refractivity contribution < 1.29 is 14.3 Å². The third-order valence-electron chi connectivity index (χ3n) is 4.20. The van der Waals surface area contributed by atoms with Crippen molar-refractivity contribution in [2.45, 2.75) is 19.8 Å². The summed E-state index contributed by atoms with van der Waals surface area (Å²) in [7, 11) is 1.61. The van der Waals surface area contributed by atoms with Crippen LogP contribution in [0, 0.1) is 5.92 Å². The quantitative estimate of drug-likeness (QED) is 0.619. The fraction of sp³-hybridized carbons (Fsp3) is 0.250. The molecule has 26 heavy (non-hydrogen) atoms. The Balaban J connectivity index is 1.58. The summed E-state index contributed by atoms with van der Waals surface area (Å²) >= 11 is 0. The first kappa shape index (κ1) is 17.7. The molecule has 0 spiro atoms. The molecule has 0 unspecified atom stereocenters. The third kappa shape index (κ3) is 4.47. The van der Waals surface area contributed by atoms with Crippen molar-refractivity contribution in [2.75, 3.05) is 12.4 Å². The average molecular weight is 351 g/mol. The molecule has 6 nitrogen and oxygen atoms in total. The molecule has 2 aromatic carbocycles. The van der Waals surface area contributed by atoms with E-state index in [1.165, 1.54) is 0 Å². The van der Waals surface area contributed by atoms with Crippen LogP contribution in [-0.4, -0.2) is 24.6 Å². The zero-order valence-corrected chi connectivity index (χ0v) is 14.8. The molecule has 1 saturated carbocycles. The molecule has 2 aromatic rings. The number of carbonyl (C=O) groups excluding carboxylic acids is 2. The predicted octanol–water partition coefficient (Wildman–Crippen LogP) is 3.20. The lowest BCUT2D eigenvalue weighted by Crippen LogP contribution is -2.19. The van der Waals surface area contributed by atoms with Gasteiger partial charge in [0.05, 0.1) is 12.8 Å². The Bertz CT molecular complexity index is 822. The number of amides is 2. The van der Waals surface area contributed by atoms with E-state index in [1.807, 2.05) is 31.2 Å². The van der Waals surface area contributed by atoms with Gasteiger partial charge in [-0.3, -0.25) is 9.59 Å². The van der Waals surface area contributed by atoms with Crippen LogP contribution in [0.2, 0.25) is 0 Å². The van der Waals surface area contributed by atoms with E-state index in [0.29, 0.717) is 17.0 Å². The van der Waals surface area contributed by atoms with Crippen LogP contribution in [0.1, 0.15) is 35.7 Å². The van der Waals surface area contributed by atoms with Crippen molar-refractivity contribution >= 4 is 23.2 Å². The summed E-state index contributed by atoms with van der Waals surface area (Å²) in [5, 5.41) is 6.98. The van der Waals surface area contributed by atoms with Gasteiger partial charge in [-0.25, -0.2) is 5.43 Å². The second-order valence-corrected chi connectivity index (χ2v) is 6.21. The first-order valence-corrected chi connectivity index (χ1v) is 8.47. The first-order chi connectivity index (χ1) is 12.6. The SMILES string of the molecule is COc1ccc(C(C)=NNC(=O)c2ccc(NC(=O)C3CC3)cc2)cc1. The number of hydrazone groups is 1. The van der Waals surface area contributed by atoms with E-state index in [-0.39, 0.29) is 17.7 Å². The zero-order chi connectivity index (χ0) is 18.5. The van der Waals surface area contributed by atoms with Crippen LogP contribution >= 0.6 is 0 Å². The van der Waals surface area contributed by atoms with Gasteiger partial charge in [0, 0.05) is 17.2 Å². The summed E-state index contributed by atoms with van der Waals surface area (Å²) in [5.41, 5.74) is 5.29. The topological polar surface area (TPSA) is 79.8 Å². The van der Waals surface area contributed by atoms with Crippen LogP contribution in [0.4, 0.5) is 5.69 Å². The third-order valence-corrected chi connectivity index (χ3v) is 4.20. The molecule has 6 heteroatoms. The van der Waals surface area contributed by atoms with Crippen molar-refractivity contribution in [2.24, 2.45) is 11.0 Å². The number of anilines is 1. The second kappa shape index (κ2) is 7.82. The standard InChI is InChI=1S/C20H21N3O3/c1-13(14-7-11-18(26-2)12-8-14)22-23-20(25)16-5-9-17(10-6-16)21-19(24)15-3-4-15/h5-12,15H,3-4H2,1-2H3,(H,21,24)(H,23,25). The van der Waals surface area contributed by atoms with E-state index in [0.717, 1.165) is 24.2 Å². The Labute approximate surface area is 152 Å². The molecule has 1 aliphatic carbocycles. The van der Waals surface area contributed by atoms with Gasteiger partial charge in [0.15, 0.2) is 0 Å². The van der Waals surface area contributed by atoms with E-state index < -0.39 is 0 Å². The molecule has 134 valence electrons. The fourth-order valence-electron chi connectivity index (χ4n) is 2.39. The molecule has 1 fully saturated rings. The maximum Gasteiger partial charge on any atom is 0.271 e.